The highest BCUT2D eigenvalue weighted by Gasteiger charge is 2.25. The molecule has 2 aromatic rings. The van der Waals surface area contributed by atoms with Crippen LogP contribution in [-0.2, 0) is 6.42 Å². The van der Waals surface area contributed by atoms with Crippen LogP contribution in [0.1, 0.15) is 57.6 Å². The molecule has 2 atom stereocenters. The summed E-state index contributed by atoms with van der Waals surface area (Å²) >= 11 is 0. The van der Waals surface area contributed by atoms with Crippen molar-refractivity contribution in [3.63, 3.8) is 0 Å². The molecule has 0 radical (unpaired) electrons. The Morgan fingerprint density at radius 3 is 2.52 bits per heavy atom. The van der Waals surface area contributed by atoms with Crippen molar-refractivity contribution in [1.29, 1.82) is 0 Å². The standard InChI is InChI=1S/C19H28N2/c1-3-5-7-12-18(15-17-10-8-6-9-11-17)19(4-2)21-14-13-20-16-21/h6,8-11,13-14,16,18-19H,3-5,7,12,15H2,1-2H3/p+1. The van der Waals surface area contributed by atoms with E-state index in [4.69, 9.17) is 0 Å². The van der Waals surface area contributed by atoms with Crippen LogP contribution >= 0.6 is 0 Å². The first-order valence-electron chi connectivity index (χ1n) is 8.42. The van der Waals surface area contributed by atoms with Crippen molar-refractivity contribution in [3.8, 4) is 0 Å². The van der Waals surface area contributed by atoms with Crippen LogP contribution in [0.3, 0.4) is 0 Å². The van der Waals surface area contributed by atoms with Crippen molar-refractivity contribution in [2.75, 3.05) is 0 Å². The van der Waals surface area contributed by atoms with Gasteiger partial charge >= 0.3 is 0 Å². The Morgan fingerprint density at radius 1 is 1.10 bits per heavy atom. The molecule has 0 saturated heterocycles. The van der Waals surface area contributed by atoms with Gasteiger partial charge in [-0.15, -0.1) is 0 Å². The molecule has 1 heterocycles. The van der Waals surface area contributed by atoms with Gasteiger partial charge in [-0.2, -0.15) is 0 Å². The van der Waals surface area contributed by atoms with Gasteiger partial charge in [0.2, 0.25) is 6.33 Å². The predicted octanol–water partition coefficient (Wildman–Crippen LogP) is 4.69. The van der Waals surface area contributed by atoms with E-state index < -0.39 is 0 Å². The number of aromatic amines is 1. The lowest BCUT2D eigenvalue weighted by molar-refractivity contribution is -0.729. The maximum absolute atomic E-state index is 3.19. The Morgan fingerprint density at radius 2 is 1.90 bits per heavy atom. The zero-order chi connectivity index (χ0) is 14.9. The quantitative estimate of drug-likeness (QED) is 0.509. The highest BCUT2D eigenvalue weighted by molar-refractivity contribution is 5.15. The van der Waals surface area contributed by atoms with Gasteiger partial charge in [0.1, 0.15) is 18.4 Å². The van der Waals surface area contributed by atoms with Gasteiger partial charge in [0.05, 0.1) is 0 Å². The van der Waals surface area contributed by atoms with E-state index in [0.717, 1.165) is 0 Å². The molecule has 0 spiro atoms. The van der Waals surface area contributed by atoms with Crippen molar-refractivity contribution in [1.82, 2.24) is 4.98 Å². The lowest BCUT2D eigenvalue weighted by atomic mass is 9.86. The summed E-state index contributed by atoms with van der Waals surface area (Å²) in [7, 11) is 0. The van der Waals surface area contributed by atoms with E-state index in [9.17, 15) is 0 Å². The van der Waals surface area contributed by atoms with Gasteiger partial charge in [0.25, 0.3) is 0 Å². The number of nitrogens with zero attached hydrogens (tertiary/aromatic N) is 1. The van der Waals surface area contributed by atoms with Crippen molar-refractivity contribution < 1.29 is 4.57 Å². The van der Waals surface area contributed by atoms with E-state index in [0.29, 0.717) is 12.0 Å². The number of aromatic nitrogens is 2. The normalized spacial score (nSPS) is 14.0. The predicted molar refractivity (Wildman–Crippen MR) is 88.1 cm³/mol. The molecular formula is C19H29N2+. The van der Waals surface area contributed by atoms with Crippen LogP contribution in [-0.4, -0.2) is 4.98 Å². The molecule has 2 nitrogen and oxygen atoms in total. The minimum atomic E-state index is 0.591. The molecule has 0 bridgehead atoms. The smallest absolute Gasteiger partial charge is 0.241 e. The SMILES string of the molecule is CCCCCC(Cc1ccccc1)C(CC)[n+]1cc[nH]c1. The number of imidazole rings is 1. The van der Waals surface area contributed by atoms with E-state index >= 15 is 0 Å². The molecule has 0 aliphatic rings. The van der Waals surface area contributed by atoms with Crippen LogP contribution in [0.2, 0.25) is 0 Å². The molecule has 0 aliphatic carbocycles. The van der Waals surface area contributed by atoms with Crippen molar-refractivity contribution in [3.05, 3.63) is 54.6 Å². The second-order valence-corrected chi connectivity index (χ2v) is 5.98. The summed E-state index contributed by atoms with van der Waals surface area (Å²) in [5.41, 5.74) is 1.47. The lowest BCUT2D eigenvalue weighted by Crippen LogP contribution is -2.42. The maximum atomic E-state index is 3.19. The Balaban J connectivity index is 2.10. The molecule has 1 aromatic carbocycles. The molecule has 0 aliphatic heterocycles. The highest BCUT2D eigenvalue weighted by Crippen LogP contribution is 2.26. The molecule has 0 saturated carbocycles. The molecule has 1 aromatic heterocycles. The Kier molecular flexibility index (Phi) is 6.52. The first-order valence-corrected chi connectivity index (χ1v) is 8.42. The molecule has 1 N–H and O–H groups in total. The van der Waals surface area contributed by atoms with E-state index in [1.165, 1.54) is 44.1 Å². The van der Waals surface area contributed by atoms with E-state index in [1.54, 1.807) is 0 Å². The van der Waals surface area contributed by atoms with Gasteiger partial charge in [0.15, 0.2) is 0 Å². The molecular weight excluding hydrogens is 256 g/mol. The average Bonchev–Trinajstić information content (AvgIpc) is 3.03. The van der Waals surface area contributed by atoms with E-state index in [1.807, 2.05) is 6.20 Å². The van der Waals surface area contributed by atoms with Crippen molar-refractivity contribution >= 4 is 0 Å². The second kappa shape index (κ2) is 8.66. The number of hydrogen-bond acceptors (Lipinski definition) is 0. The van der Waals surface area contributed by atoms with Gasteiger partial charge in [-0.1, -0.05) is 63.4 Å². The monoisotopic (exact) mass is 285 g/mol. The number of rotatable bonds is 9. The lowest BCUT2D eigenvalue weighted by Gasteiger charge is -2.24. The molecule has 2 heteroatoms. The maximum Gasteiger partial charge on any atom is 0.241 e. The number of H-pyrrole nitrogens is 1. The zero-order valence-corrected chi connectivity index (χ0v) is 13.5. The minimum Gasteiger partial charge on any atom is -0.250 e. The van der Waals surface area contributed by atoms with Crippen LogP contribution in [0.25, 0.3) is 0 Å². The fraction of sp³-hybridized carbons (Fsp3) is 0.526. The summed E-state index contributed by atoms with van der Waals surface area (Å²) in [6.45, 7) is 4.59. The topological polar surface area (TPSA) is 19.7 Å². The minimum absolute atomic E-state index is 0.591. The summed E-state index contributed by atoms with van der Waals surface area (Å²) in [4.78, 5) is 3.19. The first kappa shape index (κ1) is 15.8. The fourth-order valence-corrected chi connectivity index (χ4v) is 3.30. The second-order valence-electron chi connectivity index (χ2n) is 5.98. The van der Waals surface area contributed by atoms with Crippen LogP contribution in [0.4, 0.5) is 0 Å². The largest absolute Gasteiger partial charge is 0.250 e. The molecule has 2 rings (SSSR count). The third-order valence-electron chi connectivity index (χ3n) is 4.43. The summed E-state index contributed by atoms with van der Waals surface area (Å²) in [5.74, 6) is 0.713. The van der Waals surface area contributed by atoms with E-state index in [2.05, 4.69) is 66.3 Å². The van der Waals surface area contributed by atoms with Crippen LogP contribution in [0, 0.1) is 5.92 Å². The number of unbranched alkanes of at least 4 members (excludes halogenated alkanes) is 2. The molecule has 21 heavy (non-hydrogen) atoms. The highest BCUT2D eigenvalue weighted by atomic mass is 15.1. The third kappa shape index (κ3) is 4.73. The summed E-state index contributed by atoms with van der Waals surface area (Å²) in [6.07, 6.45) is 14.0. The molecule has 0 fully saturated rings. The van der Waals surface area contributed by atoms with E-state index in [-0.39, 0.29) is 0 Å². The van der Waals surface area contributed by atoms with Gasteiger partial charge < -0.3 is 0 Å². The first-order chi connectivity index (χ1) is 10.3. The summed E-state index contributed by atoms with van der Waals surface area (Å²) in [6, 6.07) is 11.5. The third-order valence-corrected chi connectivity index (χ3v) is 4.43. The average molecular weight is 285 g/mol. The molecule has 0 amide bonds. The van der Waals surface area contributed by atoms with Crippen LogP contribution < -0.4 is 4.57 Å². The van der Waals surface area contributed by atoms with Crippen molar-refractivity contribution in [2.24, 2.45) is 5.92 Å². The van der Waals surface area contributed by atoms with Gasteiger partial charge in [-0.3, -0.25) is 4.98 Å². The molecule has 114 valence electrons. The fourth-order valence-electron chi connectivity index (χ4n) is 3.30. The number of hydrogen-bond donors (Lipinski definition) is 1. The Hall–Kier alpha value is -1.57. The number of benzene rings is 1. The van der Waals surface area contributed by atoms with Crippen LogP contribution in [0.5, 0.6) is 0 Å². The summed E-state index contributed by atoms with van der Waals surface area (Å²) in [5, 5.41) is 0. The molecule has 2 unspecified atom stereocenters. The van der Waals surface area contributed by atoms with Crippen LogP contribution in [0.15, 0.2) is 49.1 Å². The summed E-state index contributed by atoms with van der Waals surface area (Å²) < 4.78 is 2.36. The zero-order valence-electron chi connectivity index (χ0n) is 13.5. The van der Waals surface area contributed by atoms with Gasteiger partial charge in [-0.05, 0) is 24.8 Å². The van der Waals surface area contributed by atoms with Gasteiger partial charge in [-0.25, -0.2) is 4.57 Å². The Labute approximate surface area is 129 Å². The number of nitrogens with one attached hydrogen (secondary N) is 1. The van der Waals surface area contributed by atoms with Crippen molar-refractivity contribution in [2.45, 2.75) is 58.4 Å². The van der Waals surface area contributed by atoms with Gasteiger partial charge in [0, 0.05) is 5.92 Å². The Bertz CT molecular complexity index is 476.